The number of hydrogen-bond acceptors (Lipinski definition) is 5. The lowest BCUT2D eigenvalue weighted by atomic mass is 9.66. The third-order valence-electron chi connectivity index (χ3n) is 6.09. The molecule has 3 unspecified atom stereocenters. The molecular weight excluding hydrogens is 378 g/mol. The summed E-state index contributed by atoms with van der Waals surface area (Å²) in [4.78, 5) is 0. The van der Waals surface area contributed by atoms with Crippen LogP contribution in [0, 0.1) is 5.92 Å². The maximum atomic E-state index is 6.39. The van der Waals surface area contributed by atoms with E-state index < -0.39 is 5.79 Å². The summed E-state index contributed by atoms with van der Waals surface area (Å²) in [5.41, 5.74) is 2.79. The van der Waals surface area contributed by atoms with Gasteiger partial charge in [-0.3, -0.25) is 0 Å². The molecule has 0 bridgehead atoms. The van der Waals surface area contributed by atoms with Crippen LogP contribution in [0.1, 0.15) is 64.0 Å². The second kappa shape index (κ2) is 11.7. The van der Waals surface area contributed by atoms with Gasteiger partial charge in [-0.25, -0.2) is 0 Å². The van der Waals surface area contributed by atoms with Crippen LogP contribution < -0.4 is 14.8 Å². The summed E-state index contributed by atoms with van der Waals surface area (Å²) < 4.78 is 24.0. The van der Waals surface area contributed by atoms with E-state index in [9.17, 15) is 0 Å². The Morgan fingerprint density at radius 3 is 2.43 bits per heavy atom. The summed E-state index contributed by atoms with van der Waals surface area (Å²) in [5.74, 6) is 2.35. The minimum atomic E-state index is -0.528. The topological polar surface area (TPSA) is 49.0 Å². The van der Waals surface area contributed by atoms with E-state index in [0.717, 1.165) is 30.9 Å². The fourth-order valence-corrected chi connectivity index (χ4v) is 4.98. The number of likely N-dealkylation sites (N-methyl/N-ethyl adjacent to an activating group) is 1. The number of benzene rings is 1. The van der Waals surface area contributed by atoms with E-state index in [1.165, 1.54) is 24.0 Å². The van der Waals surface area contributed by atoms with E-state index in [0.29, 0.717) is 25.0 Å². The van der Waals surface area contributed by atoms with E-state index >= 15 is 0 Å². The molecule has 2 aliphatic heterocycles. The number of hydrogen-bond donors (Lipinski definition) is 1. The molecule has 1 saturated carbocycles. The molecule has 0 amide bonds. The van der Waals surface area contributed by atoms with Crippen LogP contribution in [0.5, 0.6) is 11.5 Å². The van der Waals surface area contributed by atoms with Crippen molar-refractivity contribution in [2.75, 3.05) is 33.9 Å². The van der Waals surface area contributed by atoms with Crippen molar-refractivity contribution >= 4 is 0 Å². The second-order valence-corrected chi connectivity index (χ2v) is 7.43. The summed E-state index contributed by atoms with van der Waals surface area (Å²) in [7, 11) is 3.60. The van der Waals surface area contributed by atoms with Gasteiger partial charge >= 0.3 is 0 Å². The van der Waals surface area contributed by atoms with Crippen LogP contribution in [0.4, 0.5) is 0 Å². The lowest BCUT2D eigenvalue weighted by Crippen LogP contribution is -2.53. The van der Waals surface area contributed by atoms with Crippen LogP contribution in [0.25, 0.3) is 0 Å². The largest absolute Gasteiger partial charge is 0.493 e. The molecule has 0 radical (unpaired) electrons. The molecule has 1 aromatic carbocycles. The lowest BCUT2D eigenvalue weighted by molar-refractivity contribution is -0.235. The van der Waals surface area contributed by atoms with Gasteiger partial charge in [0.05, 0.1) is 20.3 Å². The third-order valence-corrected chi connectivity index (χ3v) is 6.09. The number of aryl methyl sites for hydroxylation is 1. The van der Waals surface area contributed by atoms with E-state index in [1.54, 1.807) is 7.11 Å². The highest BCUT2D eigenvalue weighted by atomic mass is 16.8. The first-order chi connectivity index (χ1) is 14.7. The molecule has 5 nitrogen and oxygen atoms in total. The van der Waals surface area contributed by atoms with Crippen LogP contribution in [-0.2, 0) is 15.9 Å². The van der Waals surface area contributed by atoms with Gasteiger partial charge in [0.15, 0.2) is 17.6 Å². The number of methoxy groups -OCH3 is 1. The highest BCUT2D eigenvalue weighted by Crippen LogP contribution is 2.60. The van der Waals surface area contributed by atoms with E-state index in [-0.39, 0.29) is 6.10 Å². The van der Waals surface area contributed by atoms with Gasteiger partial charge < -0.3 is 24.3 Å². The zero-order chi connectivity index (χ0) is 22.1. The molecule has 1 saturated heterocycles. The molecule has 1 spiro atoms. The van der Waals surface area contributed by atoms with E-state index in [1.807, 2.05) is 46.9 Å². The molecule has 30 heavy (non-hydrogen) atoms. The number of ether oxygens (including phenoxy) is 4. The van der Waals surface area contributed by atoms with Gasteiger partial charge in [-0.2, -0.15) is 0 Å². The smallest absolute Gasteiger partial charge is 0.206 e. The van der Waals surface area contributed by atoms with Gasteiger partial charge in [0, 0.05) is 24.4 Å². The summed E-state index contributed by atoms with van der Waals surface area (Å²) in [6, 6.07) is 4.24. The zero-order valence-electron chi connectivity index (χ0n) is 19.8. The SMILES string of the molecule is C=CCNC.CC.CC.COc1ccc2c3c1OC1C3C(CC2)CCC12OCCO2. The van der Waals surface area contributed by atoms with Crippen molar-refractivity contribution in [3.8, 4) is 11.5 Å². The van der Waals surface area contributed by atoms with E-state index in [4.69, 9.17) is 18.9 Å². The predicted octanol–water partition coefficient (Wildman–Crippen LogP) is 5.08. The average molecular weight is 420 g/mol. The standard InChI is InChI=1S/C17H20O4.C4H9N.2C2H6/c1-18-12-5-4-10-2-3-11-6-7-17(19-8-9-20-17)16-14(11)13(10)15(12)21-16;1-3-4-5-2;2*1-2/h4-5,11,14,16H,2-3,6-9H2,1H3;3,5H,1,4H2,2H3;2*1-2H3. The van der Waals surface area contributed by atoms with Gasteiger partial charge in [0.1, 0.15) is 0 Å². The Balaban J connectivity index is 0.000000311. The zero-order valence-corrected chi connectivity index (χ0v) is 19.8. The molecule has 1 aromatic rings. The first kappa shape index (κ1) is 24.7. The Bertz CT molecular complexity index is 669. The van der Waals surface area contributed by atoms with Crippen molar-refractivity contribution in [1.82, 2.24) is 5.32 Å². The fourth-order valence-electron chi connectivity index (χ4n) is 4.98. The first-order valence-corrected chi connectivity index (χ1v) is 11.6. The Morgan fingerprint density at radius 1 is 1.17 bits per heavy atom. The molecule has 0 aromatic heterocycles. The maximum Gasteiger partial charge on any atom is 0.206 e. The second-order valence-electron chi connectivity index (χ2n) is 7.43. The minimum absolute atomic E-state index is 0.0101. The van der Waals surface area contributed by atoms with Crippen molar-refractivity contribution in [1.29, 1.82) is 0 Å². The lowest BCUT2D eigenvalue weighted by Gasteiger charge is -2.45. The predicted molar refractivity (Wildman–Crippen MR) is 123 cm³/mol. The Labute approximate surface area is 183 Å². The summed E-state index contributed by atoms with van der Waals surface area (Å²) in [5, 5.41) is 2.90. The Kier molecular flexibility index (Phi) is 9.66. The number of nitrogens with one attached hydrogen (secondary N) is 1. The summed E-state index contributed by atoms with van der Waals surface area (Å²) in [6.07, 6.45) is 6.33. The molecule has 5 heteroatoms. The quantitative estimate of drug-likeness (QED) is 0.692. The fraction of sp³-hybridized carbons (Fsp3) is 0.680. The highest BCUT2D eigenvalue weighted by molar-refractivity contribution is 5.57. The molecule has 2 aliphatic carbocycles. The molecule has 2 heterocycles. The number of rotatable bonds is 3. The van der Waals surface area contributed by atoms with Crippen molar-refractivity contribution in [3.05, 3.63) is 35.9 Å². The van der Waals surface area contributed by atoms with Crippen molar-refractivity contribution < 1.29 is 18.9 Å². The number of fused-ring (bicyclic) bond motifs is 1. The van der Waals surface area contributed by atoms with Crippen LogP contribution in [0.15, 0.2) is 24.8 Å². The molecule has 5 rings (SSSR count). The highest BCUT2D eigenvalue weighted by Gasteiger charge is 2.60. The molecular formula is C25H41NO4. The molecule has 4 aliphatic rings. The Morgan fingerprint density at radius 2 is 1.87 bits per heavy atom. The van der Waals surface area contributed by atoms with Gasteiger partial charge in [-0.15, -0.1) is 6.58 Å². The summed E-state index contributed by atoms with van der Waals surface area (Å²) in [6.45, 7) is 13.7. The molecule has 2 fully saturated rings. The normalized spacial score (nSPS) is 25.9. The molecule has 3 atom stereocenters. The minimum Gasteiger partial charge on any atom is -0.493 e. The van der Waals surface area contributed by atoms with Crippen LogP contribution >= 0.6 is 0 Å². The molecule has 1 N–H and O–H groups in total. The maximum absolute atomic E-state index is 6.39. The van der Waals surface area contributed by atoms with Crippen LogP contribution in [0.2, 0.25) is 0 Å². The van der Waals surface area contributed by atoms with Crippen LogP contribution in [-0.4, -0.2) is 45.8 Å². The first-order valence-electron chi connectivity index (χ1n) is 11.6. The monoisotopic (exact) mass is 419 g/mol. The third kappa shape index (κ3) is 4.53. The van der Waals surface area contributed by atoms with Gasteiger partial charge in [0.2, 0.25) is 5.79 Å². The Hall–Kier alpha value is -1.56. The van der Waals surface area contributed by atoms with Crippen molar-refractivity contribution in [3.63, 3.8) is 0 Å². The van der Waals surface area contributed by atoms with Crippen molar-refractivity contribution in [2.24, 2.45) is 5.92 Å². The van der Waals surface area contributed by atoms with Gasteiger partial charge in [-0.1, -0.05) is 39.8 Å². The summed E-state index contributed by atoms with van der Waals surface area (Å²) >= 11 is 0. The average Bonchev–Trinajstić information content (AvgIpc) is 3.45. The van der Waals surface area contributed by atoms with Gasteiger partial charge in [0.25, 0.3) is 0 Å². The van der Waals surface area contributed by atoms with Crippen molar-refractivity contribution in [2.45, 2.75) is 71.2 Å². The van der Waals surface area contributed by atoms with Crippen LogP contribution in [0.3, 0.4) is 0 Å². The molecule has 170 valence electrons. The van der Waals surface area contributed by atoms with Gasteiger partial charge in [-0.05, 0) is 43.9 Å². The van der Waals surface area contributed by atoms with E-state index in [2.05, 4.69) is 18.0 Å².